The van der Waals surface area contributed by atoms with Crippen LogP contribution in [0.3, 0.4) is 0 Å². The summed E-state index contributed by atoms with van der Waals surface area (Å²) in [5.74, 6) is 1.51. The Labute approximate surface area is 94.7 Å². The van der Waals surface area contributed by atoms with E-state index in [2.05, 4.69) is 41.3 Å². The maximum atomic E-state index is 5.44. The van der Waals surface area contributed by atoms with E-state index in [-0.39, 0.29) is 0 Å². The fourth-order valence-corrected chi connectivity index (χ4v) is 2.35. The van der Waals surface area contributed by atoms with Gasteiger partial charge >= 0.3 is 0 Å². The van der Waals surface area contributed by atoms with Crippen molar-refractivity contribution < 1.29 is 3.07 Å². The van der Waals surface area contributed by atoms with Gasteiger partial charge in [0.25, 0.3) is 0 Å². The molecular formula is C11H12INO. The largest absolute Gasteiger partial charge is 0.417 e. The number of halogens is 1. The van der Waals surface area contributed by atoms with Gasteiger partial charge in [-0.3, -0.25) is 0 Å². The van der Waals surface area contributed by atoms with Gasteiger partial charge in [-0.1, -0.05) is 38.1 Å². The lowest BCUT2D eigenvalue weighted by Gasteiger charge is -2.06. The van der Waals surface area contributed by atoms with E-state index in [0.717, 1.165) is 11.3 Å². The van der Waals surface area contributed by atoms with Crippen LogP contribution >= 0.6 is 21.4 Å². The molecule has 2 nitrogen and oxygen atoms in total. The van der Waals surface area contributed by atoms with Crippen LogP contribution in [-0.2, 0) is 3.07 Å². The summed E-state index contributed by atoms with van der Waals surface area (Å²) in [5, 5.41) is 0. The first kappa shape index (κ1) is 9.83. The second kappa shape index (κ2) is 4.21. The van der Waals surface area contributed by atoms with Gasteiger partial charge in [0.1, 0.15) is 0 Å². The van der Waals surface area contributed by atoms with Crippen molar-refractivity contribution in [3.05, 3.63) is 41.6 Å². The molecule has 0 fully saturated rings. The first-order valence-electron chi connectivity index (χ1n) is 4.59. The van der Waals surface area contributed by atoms with Crippen LogP contribution in [0.4, 0.5) is 0 Å². The lowest BCUT2D eigenvalue weighted by atomic mass is 10.0. The topological polar surface area (TPSA) is 21.6 Å². The van der Waals surface area contributed by atoms with Crippen molar-refractivity contribution >= 4 is 27.2 Å². The lowest BCUT2D eigenvalue weighted by molar-refractivity contribution is 0.677. The molecule has 0 spiro atoms. The van der Waals surface area contributed by atoms with Crippen LogP contribution in [0.1, 0.15) is 30.9 Å². The highest BCUT2D eigenvalue weighted by Gasteiger charge is 2.06. The number of rotatable bonds is 2. The van der Waals surface area contributed by atoms with Crippen LogP contribution in [0.15, 0.2) is 33.6 Å². The van der Waals surface area contributed by atoms with Gasteiger partial charge in [0, 0.05) is 5.56 Å². The van der Waals surface area contributed by atoms with Crippen LogP contribution in [0.25, 0.3) is 5.76 Å². The van der Waals surface area contributed by atoms with Crippen molar-refractivity contribution in [2.75, 3.05) is 0 Å². The molecule has 0 saturated heterocycles. The summed E-state index contributed by atoms with van der Waals surface area (Å²) in [5.41, 5.74) is 2.49. The number of benzene rings is 1. The fraction of sp³-hybridized carbons (Fsp3) is 0.273. The maximum Gasteiger partial charge on any atom is 0.238 e. The summed E-state index contributed by atoms with van der Waals surface area (Å²) in [4.78, 5) is 0. The van der Waals surface area contributed by atoms with Crippen molar-refractivity contribution in [1.29, 1.82) is 0 Å². The van der Waals surface area contributed by atoms with E-state index in [1.165, 1.54) is 5.56 Å². The van der Waals surface area contributed by atoms with E-state index in [9.17, 15) is 0 Å². The average molecular weight is 301 g/mol. The summed E-state index contributed by atoms with van der Waals surface area (Å²) in [6.45, 7) is 4.39. The molecule has 1 aromatic rings. The second-order valence-corrected chi connectivity index (χ2v) is 4.91. The molecule has 1 heterocycles. The van der Waals surface area contributed by atoms with E-state index < -0.39 is 21.4 Å². The highest BCUT2D eigenvalue weighted by molar-refractivity contribution is 14.1. The third kappa shape index (κ3) is 2.03. The molecule has 14 heavy (non-hydrogen) atoms. The van der Waals surface area contributed by atoms with E-state index in [1.807, 2.05) is 6.20 Å². The highest BCUT2D eigenvalue weighted by atomic mass is 127. The average Bonchev–Trinajstić information content (AvgIpc) is 2.71. The molecule has 1 aromatic carbocycles. The van der Waals surface area contributed by atoms with Crippen molar-refractivity contribution in [1.82, 2.24) is 0 Å². The Bertz CT molecular complexity index is 379. The molecule has 0 atom stereocenters. The Morgan fingerprint density at radius 3 is 2.43 bits per heavy atom. The summed E-state index contributed by atoms with van der Waals surface area (Å²) >= 11 is -0.412. The van der Waals surface area contributed by atoms with E-state index in [4.69, 9.17) is 3.07 Å². The van der Waals surface area contributed by atoms with Crippen LogP contribution in [0.5, 0.6) is 0 Å². The van der Waals surface area contributed by atoms with Gasteiger partial charge in [-0.2, -0.15) is 3.15 Å². The van der Waals surface area contributed by atoms with Crippen molar-refractivity contribution in [2.45, 2.75) is 19.8 Å². The SMILES string of the molecule is CC(C)c1ccc(C2=CN=IO2)cc1. The summed E-state index contributed by atoms with van der Waals surface area (Å²) in [7, 11) is 0. The van der Waals surface area contributed by atoms with Gasteiger partial charge in [0.2, 0.25) is 21.4 Å². The van der Waals surface area contributed by atoms with E-state index >= 15 is 0 Å². The predicted octanol–water partition coefficient (Wildman–Crippen LogP) is 4.21. The fourth-order valence-electron chi connectivity index (χ4n) is 1.29. The minimum absolute atomic E-state index is 0.412. The molecular weight excluding hydrogens is 289 g/mol. The van der Waals surface area contributed by atoms with Crippen molar-refractivity contribution in [2.24, 2.45) is 3.15 Å². The lowest BCUT2D eigenvalue weighted by Crippen LogP contribution is -1.88. The van der Waals surface area contributed by atoms with Crippen LogP contribution in [0, 0.1) is 0 Å². The molecule has 0 unspecified atom stereocenters. The molecule has 0 N–H and O–H groups in total. The molecule has 1 aliphatic heterocycles. The van der Waals surface area contributed by atoms with Gasteiger partial charge in [-0.15, -0.1) is 0 Å². The Hall–Kier alpha value is -0.710. The Kier molecular flexibility index (Phi) is 2.96. The zero-order valence-electron chi connectivity index (χ0n) is 8.20. The summed E-state index contributed by atoms with van der Waals surface area (Å²) in [6, 6.07) is 8.51. The molecule has 3 heteroatoms. The molecule has 74 valence electrons. The zero-order valence-corrected chi connectivity index (χ0v) is 10.4. The first-order chi connectivity index (χ1) is 6.77. The van der Waals surface area contributed by atoms with Crippen LogP contribution in [0.2, 0.25) is 0 Å². The van der Waals surface area contributed by atoms with E-state index in [1.54, 1.807) is 0 Å². The van der Waals surface area contributed by atoms with Gasteiger partial charge in [-0.25, -0.2) is 0 Å². The minimum atomic E-state index is -0.412. The van der Waals surface area contributed by atoms with Gasteiger partial charge < -0.3 is 3.07 Å². The molecule has 2 rings (SSSR count). The van der Waals surface area contributed by atoms with Gasteiger partial charge in [-0.05, 0) is 11.5 Å². The smallest absolute Gasteiger partial charge is 0.238 e. The second-order valence-electron chi connectivity index (χ2n) is 3.51. The monoisotopic (exact) mass is 301 g/mol. The highest BCUT2D eigenvalue weighted by Crippen LogP contribution is 2.29. The Morgan fingerprint density at radius 2 is 1.93 bits per heavy atom. The molecule has 0 amide bonds. The minimum Gasteiger partial charge on any atom is -0.417 e. The quantitative estimate of drug-likeness (QED) is 0.750. The number of hydrogen-bond donors (Lipinski definition) is 0. The van der Waals surface area contributed by atoms with Gasteiger partial charge in [0.15, 0.2) is 5.76 Å². The van der Waals surface area contributed by atoms with Crippen LogP contribution in [-0.4, -0.2) is 0 Å². The molecule has 0 saturated carbocycles. The molecule has 0 radical (unpaired) electrons. The maximum absolute atomic E-state index is 5.44. The summed E-state index contributed by atoms with van der Waals surface area (Å²) < 4.78 is 9.57. The number of nitrogens with zero attached hydrogens (tertiary/aromatic N) is 1. The van der Waals surface area contributed by atoms with Crippen molar-refractivity contribution in [3.63, 3.8) is 0 Å². The zero-order chi connectivity index (χ0) is 9.97. The molecule has 0 aromatic heterocycles. The van der Waals surface area contributed by atoms with Gasteiger partial charge in [0.05, 0.1) is 6.20 Å². The number of hydrogen-bond acceptors (Lipinski definition) is 2. The van der Waals surface area contributed by atoms with E-state index in [0.29, 0.717) is 5.92 Å². The first-order valence-corrected chi connectivity index (χ1v) is 6.43. The molecule has 1 aliphatic rings. The Morgan fingerprint density at radius 1 is 1.21 bits per heavy atom. The third-order valence-electron chi connectivity index (χ3n) is 2.19. The predicted molar refractivity (Wildman–Crippen MR) is 66.0 cm³/mol. The molecule has 0 aliphatic carbocycles. The normalized spacial score (nSPS) is 14.9. The van der Waals surface area contributed by atoms with Crippen molar-refractivity contribution in [3.8, 4) is 0 Å². The standard InChI is InChI=1S/C11H12INO/c1-8(2)9-3-5-10(6-4-9)11-7-13-12-14-11/h3-8H,1-2H3. The molecule has 0 bridgehead atoms. The van der Waals surface area contributed by atoms with Crippen LogP contribution < -0.4 is 0 Å². The summed E-state index contributed by atoms with van der Waals surface area (Å²) in [6.07, 6.45) is 1.83. The Balaban J connectivity index is 2.22. The third-order valence-corrected chi connectivity index (χ3v) is 3.36.